The third-order valence-electron chi connectivity index (χ3n) is 8.20. The maximum absolute atomic E-state index is 13.6. The van der Waals surface area contributed by atoms with E-state index in [9.17, 15) is 31.4 Å². The van der Waals surface area contributed by atoms with Crippen molar-refractivity contribution in [3.05, 3.63) is 125 Å². The van der Waals surface area contributed by atoms with Crippen molar-refractivity contribution >= 4 is 0 Å². The zero-order valence-electron chi connectivity index (χ0n) is 25.1. The number of nitrogens with one attached hydrogen (secondary N) is 1. The van der Waals surface area contributed by atoms with E-state index in [1.807, 2.05) is 12.1 Å². The van der Waals surface area contributed by atoms with Gasteiger partial charge in [-0.1, -0.05) is 72.8 Å². The Morgan fingerprint density at radius 1 is 0.717 bits per heavy atom. The van der Waals surface area contributed by atoms with Gasteiger partial charge in [0.1, 0.15) is 5.69 Å². The average Bonchev–Trinajstić information content (AvgIpc) is 3.05. The Hall–Kier alpha value is -3.77. The number of rotatable bonds is 11. The van der Waals surface area contributed by atoms with Crippen molar-refractivity contribution in [1.82, 2.24) is 20.1 Å². The smallest absolute Gasteiger partial charge is 0.387 e. The molecule has 0 spiro atoms. The fourth-order valence-electron chi connectivity index (χ4n) is 5.78. The van der Waals surface area contributed by atoms with Gasteiger partial charge in [0.25, 0.3) is 0 Å². The van der Waals surface area contributed by atoms with Crippen LogP contribution in [0.15, 0.2) is 97.1 Å². The lowest BCUT2D eigenvalue weighted by Crippen LogP contribution is -2.48. The van der Waals surface area contributed by atoms with E-state index >= 15 is 0 Å². The molecule has 1 atom stereocenters. The summed E-state index contributed by atoms with van der Waals surface area (Å²) in [6.45, 7) is 5.03. The van der Waals surface area contributed by atoms with Crippen LogP contribution in [0.5, 0.6) is 0 Å². The van der Waals surface area contributed by atoms with Gasteiger partial charge >= 0.3 is 12.4 Å². The lowest BCUT2D eigenvalue weighted by atomic mass is 9.96. The summed E-state index contributed by atoms with van der Waals surface area (Å²) in [6.07, 6.45) is -9.85. The molecule has 0 aliphatic carbocycles. The van der Waals surface area contributed by atoms with Crippen LogP contribution >= 0.6 is 0 Å². The number of hydrogen-bond donors (Lipinski definition) is 2. The molecule has 0 amide bonds. The lowest BCUT2D eigenvalue weighted by molar-refractivity contribution is -0.141. The van der Waals surface area contributed by atoms with Crippen LogP contribution in [-0.2, 0) is 12.4 Å². The Labute approximate surface area is 264 Å². The summed E-state index contributed by atoms with van der Waals surface area (Å²) in [6, 6.07) is 26.9. The molecule has 0 bridgehead atoms. The standard InChI is InChI=1S/C35H36F6N4O/c36-34(37,38)29-14-12-25(13-15-29)30-22-28(23-32(43-30)35(39,40)41)31(46)24-42-16-7-17-44-18-20-45(21-19-44)33(26-8-3-1-4-9-26)27-10-5-2-6-11-27/h1-6,8-15,22-23,31,33,42,46H,7,16-21,24H2. The minimum Gasteiger partial charge on any atom is -0.387 e. The van der Waals surface area contributed by atoms with Gasteiger partial charge in [0.2, 0.25) is 0 Å². The lowest BCUT2D eigenvalue weighted by Gasteiger charge is -2.40. The molecule has 2 heterocycles. The Balaban J connectivity index is 1.12. The molecule has 4 aromatic rings. The molecule has 1 aliphatic rings. The topological polar surface area (TPSA) is 51.6 Å². The van der Waals surface area contributed by atoms with E-state index in [-0.39, 0.29) is 29.4 Å². The predicted molar refractivity (Wildman–Crippen MR) is 165 cm³/mol. The van der Waals surface area contributed by atoms with E-state index in [1.54, 1.807) is 0 Å². The monoisotopic (exact) mass is 642 g/mol. The number of benzene rings is 3. The molecule has 244 valence electrons. The van der Waals surface area contributed by atoms with Gasteiger partial charge in [-0.15, -0.1) is 0 Å². The number of aliphatic hydroxyl groups is 1. The Bertz CT molecular complexity index is 1480. The summed E-state index contributed by atoms with van der Waals surface area (Å²) in [5.74, 6) is 0. The van der Waals surface area contributed by atoms with Crippen molar-refractivity contribution < 1.29 is 31.4 Å². The highest BCUT2D eigenvalue weighted by atomic mass is 19.4. The van der Waals surface area contributed by atoms with E-state index in [0.717, 1.165) is 69.5 Å². The molecule has 1 saturated heterocycles. The fourth-order valence-corrected chi connectivity index (χ4v) is 5.78. The van der Waals surface area contributed by atoms with Gasteiger partial charge in [0.05, 0.1) is 23.4 Å². The molecule has 0 saturated carbocycles. The minimum atomic E-state index is -4.80. The van der Waals surface area contributed by atoms with Crippen molar-refractivity contribution in [2.45, 2.75) is 30.9 Å². The van der Waals surface area contributed by atoms with Crippen LogP contribution < -0.4 is 5.32 Å². The van der Waals surface area contributed by atoms with Crippen LogP contribution in [-0.4, -0.2) is 65.7 Å². The molecule has 1 aliphatic heterocycles. The molecule has 46 heavy (non-hydrogen) atoms. The summed E-state index contributed by atoms with van der Waals surface area (Å²) in [4.78, 5) is 8.50. The zero-order chi connectivity index (χ0) is 32.7. The van der Waals surface area contributed by atoms with Crippen molar-refractivity contribution in [2.24, 2.45) is 0 Å². The first kappa shape index (κ1) is 33.6. The minimum absolute atomic E-state index is 0.0113. The fraction of sp³-hybridized carbons (Fsp3) is 0.343. The summed E-state index contributed by atoms with van der Waals surface area (Å²) < 4.78 is 79.6. The molecule has 1 aromatic heterocycles. The van der Waals surface area contributed by atoms with Crippen LogP contribution in [0.4, 0.5) is 26.3 Å². The van der Waals surface area contributed by atoms with Crippen LogP contribution in [0.1, 0.15) is 46.5 Å². The molecule has 5 rings (SSSR count). The van der Waals surface area contributed by atoms with Gasteiger partial charge in [-0.2, -0.15) is 26.3 Å². The average molecular weight is 643 g/mol. The number of aliphatic hydroxyl groups excluding tert-OH is 1. The van der Waals surface area contributed by atoms with Gasteiger partial charge in [-0.3, -0.25) is 4.90 Å². The first-order valence-electron chi connectivity index (χ1n) is 15.2. The first-order chi connectivity index (χ1) is 22.0. The number of nitrogens with zero attached hydrogens (tertiary/aromatic N) is 3. The summed E-state index contributed by atoms with van der Waals surface area (Å²) in [5.41, 5.74) is 0.268. The van der Waals surface area contributed by atoms with Crippen LogP contribution in [0.3, 0.4) is 0 Å². The second kappa shape index (κ2) is 14.8. The highest BCUT2D eigenvalue weighted by Gasteiger charge is 2.34. The number of halogens is 6. The van der Waals surface area contributed by atoms with Gasteiger partial charge in [0, 0.05) is 38.3 Å². The van der Waals surface area contributed by atoms with Gasteiger partial charge in [-0.25, -0.2) is 4.98 Å². The maximum Gasteiger partial charge on any atom is 0.433 e. The van der Waals surface area contributed by atoms with Gasteiger partial charge < -0.3 is 15.3 Å². The molecule has 11 heteroatoms. The Morgan fingerprint density at radius 3 is 1.85 bits per heavy atom. The van der Waals surface area contributed by atoms with E-state index in [0.29, 0.717) is 6.54 Å². The summed E-state index contributed by atoms with van der Waals surface area (Å²) >= 11 is 0. The van der Waals surface area contributed by atoms with Gasteiger partial charge in [-0.05, 0) is 60.5 Å². The van der Waals surface area contributed by atoms with Crippen molar-refractivity contribution in [2.75, 3.05) is 45.8 Å². The first-order valence-corrected chi connectivity index (χ1v) is 15.2. The number of pyridine rings is 1. The quantitative estimate of drug-likeness (QED) is 0.134. The normalized spacial score (nSPS) is 15.7. The molecular formula is C35H36F6N4O. The Kier molecular flexibility index (Phi) is 10.8. The highest BCUT2D eigenvalue weighted by Crippen LogP contribution is 2.34. The predicted octanol–water partition coefficient (Wildman–Crippen LogP) is 7.21. The number of aromatic nitrogens is 1. The third-order valence-corrected chi connectivity index (χ3v) is 8.20. The van der Waals surface area contributed by atoms with Crippen LogP contribution in [0.25, 0.3) is 11.3 Å². The molecule has 3 aromatic carbocycles. The van der Waals surface area contributed by atoms with E-state index in [2.05, 4.69) is 68.6 Å². The van der Waals surface area contributed by atoms with E-state index in [4.69, 9.17) is 0 Å². The second-order valence-corrected chi connectivity index (χ2v) is 11.4. The largest absolute Gasteiger partial charge is 0.433 e. The number of piperazine rings is 1. The molecule has 1 fully saturated rings. The SMILES string of the molecule is OC(CNCCCN1CCN(C(c2ccccc2)c2ccccc2)CC1)c1cc(-c2ccc(C(F)(F)F)cc2)nc(C(F)(F)F)c1. The third kappa shape index (κ3) is 8.73. The van der Waals surface area contributed by atoms with E-state index in [1.165, 1.54) is 17.2 Å². The van der Waals surface area contributed by atoms with E-state index < -0.39 is 29.7 Å². The molecule has 0 radical (unpaired) electrons. The highest BCUT2D eigenvalue weighted by molar-refractivity contribution is 5.61. The van der Waals surface area contributed by atoms with Crippen LogP contribution in [0, 0.1) is 0 Å². The molecule has 2 N–H and O–H groups in total. The molecule has 1 unspecified atom stereocenters. The molecular weight excluding hydrogens is 606 g/mol. The molecule has 5 nitrogen and oxygen atoms in total. The van der Waals surface area contributed by atoms with Crippen molar-refractivity contribution in [3.8, 4) is 11.3 Å². The number of alkyl halides is 6. The maximum atomic E-state index is 13.6. The van der Waals surface area contributed by atoms with Crippen molar-refractivity contribution in [3.63, 3.8) is 0 Å². The zero-order valence-corrected chi connectivity index (χ0v) is 25.1. The second-order valence-electron chi connectivity index (χ2n) is 11.4. The van der Waals surface area contributed by atoms with Crippen molar-refractivity contribution in [1.29, 1.82) is 0 Å². The summed E-state index contributed by atoms with van der Waals surface area (Å²) in [7, 11) is 0. The van der Waals surface area contributed by atoms with Gasteiger partial charge in [0.15, 0.2) is 0 Å². The Morgan fingerprint density at radius 2 is 1.30 bits per heavy atom. The number of hydrogen-bond acceptors (Lipinski definition) is 5. The van der Waals surface area contributed by atoms with Crippen LogP contribution in [0.2, 0.25) is 0 Å². The summed E-state index contributed by atoms with van der Waals surface area (Å²) in [5, 5.41) is 13.8.